The summed E-state index contributed by atoms with van der Waals surface area (Å²) in [6, 6.07) is 6.66. The zero-order chi connectivity index (χ0) is 23.5. The molecule has 2 saturated heterocycles. The molecule has 2 aliphatic rings. The number of benzene rings is 1. The van der Waals surface area contributed by atoms with Gasteiger partial charge in [0.05, 0.1) is 13.2 Å². The van der Waals surface area contributed by atoms with E-state index in [0.717, 1.165) is 32.5 Å². The first-order chi connectivity index (χ1) is 16.6. The maximum Gasteiger partial charge on any atom is 0.274 e. The summed E-state index contributed by atoms with van der Waals surface area (Å²) in [4.78, 5) is 26.2. The van der Waals surface area contributed by atoms with Crippen LogP contribution in [0.5, 0.6) is 0 Å². The number of anilines is 1. The normalized spacial score (nSPS) is 17.9. The van der Waals surface area contributed by atoms with Crippen LogP contribution in [-0.2, 0) is 11.3 Å². The fourth-order valence-electron chi connectivity index (χ4n) is 4.82. The summed E-state index contributed by atoms with van der Waals surface area (Å²) in [5, 5.41) is 7.69. The molecule has 4 heterocycles. The van der Waals surface area contributed by atoms with E-state index in [1.54, 1.807) is 0 Å². The molecule has 9 nitrogen and oxygen atoms in total. The Hall–Kier alpha value is -3.04. The van der Waals surface area contributed by atoms with Crippen LogP contribution < -0.4 is 10.2 Å². The van der Waals surface area contributed by atoms with Gasteiger partial charge in [-0.05, 0) is 56.8 Å². The lowest BCUT2D eigenvalue weighted by atomic mass is 9.95. The summed E-state index contributed by atoms with van der Waals surface area (Å²) in [5.41, 5.74) is 4.65. The Kier molecular flexibility index (Phi) is 6.73. The molecule has 1 N–H and O–H groups in total. The van der Waals surface area contributed by atoms with Gasteiger partial charge in [-0.1, -0.05) is 28.9 Å². The average Bonchev–Trinajstić information content (AvgIpc) is 3.31. The molecule has 34 heavy (non-hydrogen) atoms. The van der Waals surface area contributed by atoms with Crippen LogP contribution in [-0.4, -0.2) is 71.9 Å². The van der Waals surface area contributed by atoms with E-state index in [0.29, 0.717) is 55.7 Å². The van der Waals surface area contributed by atoms with E-state index in [9.17, 15) is 4.79 Å². The smallest absolute Gasteiger partial charge is 0.274 e. The second-order valence-electron chi connectivity index (χ2n) is 9.37. The van der Waals surface area contributed by atoms with Gasteiger partial charge < -0.3 is 19.5 Å². The Morgan fingerprint density at radius 2 is 1.91 bits per heavy atom. The summed E-state index contributed by atoms with van der Waals surface area (Å²) in [6.07, 6.45) is 3.58. The van der Waals surface area contributed by atoms with Crippen molar-refractivity contribution in [2.45, 2.75) is 33.2 Å². The third-order valence-electron chi connectivity index (χ3n) is 6.94. The number of aromatic nitrogens is 3. The summed E-state index contributed by atoms with van der Waals surface area (Å²) in [7, 11) is 0. The molecule has 0 aliphatic carbocycles. The van der Waals surface area contributed by atoms with Crippen molar-refractivity contribution in [2.75, 3.05) is 50.8 Å². The number of rotatable bonds is 6. The molecular weight excluding hydrogens is 432 g/mol. The van der Waals surface area contributed by atoms with Gasteiger partial charge in [0.2, 0.25) is 0 Å². The summed E-state index contributed by atoms with van der Waals surface area (Å²) in [6.45, 7) is 10.7. The van der Waals surface area contributed by atoms with Crippen LogP contribution in [0.25, 0.3) is 11.1 Å². The number of nitrogens with one attached hydrogen (secondary N) is 1. The SMILES string of the molecule is Cc1ccc(C)c(CN2CCC(CNC(=O)c3noc4ncnc(N5CCOCC5)c34)CC2)c1. The van der Waals surface area contributed by atoms with Crippen LogP contribution in [0.15, 0.2) is 29.0 Å². The highest BCUT2D eigenvalue weighted by atomic mass is 16.5. The predicted octanol–water partition coefficient (Wildman–Crippen LogP) is 2.71. The minimum atomic E-state index is -0.235. The first-order valence-electron chi connectivity index (χ1n) is 12.1. The molecule has 3 aromatic rings. The number of ether oxygens (including phenoxy) is 1. The Morgan fingerprint density at radius 3 is 2.71 bits per heavy atom. The van der Waals surface area contributed by atoms with E-state index in [-0.39, 0.29) is 11.6 Å². The third kappa shape index (κ3) is 4.90. The highest BCUT2D eigenvalue weighted by Crippen LogP contribution is 2.27. The van der Waals surface area contributed by atoms with Crippen LogP contribution in [0, 0.1) is 19.8 Å². The predicted molar refractivity (Wildman–Crippen MR) is 129 cm³/mol. The lowest BCUT2D eigenvalue weighted by molar-refractivity contribution is 0.0928. The molecule has 1 aromatic carbocycles. The van der Waals surface area contributed by atoms with Crippen molar-refractivity contribution in [1.82, 2.24) is 25.3 Å². The number of hydrogen-bond donors (Lipinski definition) is 1. The van der Waals surface area contributed by atoms with Gasteiger partial charge >= 0.3 is 0 Å². The topological polar surface area (TPSA) is 96.6 Å². The first kappa shape index (κ1) is 22.7. The molecule has 180 valence electrons. The molecular formula is C25H32N6O3. The van der Waals surface area contributed by atoms with Crippen molar-refractivity contribution in [3.8, 4) is 0 Å². The minimum Gasteiger partial charge on any atom is -0.378 e. The molecule has 0 atom stereocenters. The maximum atomic E-state index is 13.0. The Balaban J connectivity index is 1.18. The molecule has 2 fully saturated rings. The summed E-state index contributed by atoms with van der Waals surface area (Å²) < 4.78 is 10.8. The monoisotopic (exact) mass is 464 g/mol. The number of nitrogens with zero attached hydrogens (tertiary/aromatic N) is 5. The minimum absolute atomic E-state index is 0.235. The molecule has 2 aliphatic heterocycles. The van der Waals surface area contributed by atoms with Crippen molar-refractivity contribution in [3.05, 3.63) is 46.9 Å². The van der Waals surface area contributed by atoms with Gasteiger partial charge in [-0.3, -0.25) is 9.69 Å². The van der Waals surface area contributed by atoms with Gasteiger partial charge in [0.25, 0.3) is 11.6 Å². The molecule has 1 amide bonds. The van der Waals surface area contributed by atoms with Crippen LogP contribution in [0.3, 0.4) is 0 Å². The van der Waals surface area contributed by atoms with Gasteiger partial charge in [0.15, 0.2) is 5.69 Å². The van der Waals surface area contributed by atoms with E-state index < -0.39 is 0 Å². The van der Waals surface area contributed by atoms with Crippen molar-refractivity contribution < 1.29 is 14.1 Å². The fraction of sp³-hybridized carbons (Fsp3) is 0.520. The zero-order valence-corrected chi connectivity index (χ0v) is 19.9. The highest BCUT2D eigenvalue weighted by Gasteiger charge is 2.26. The molecule has 0 radical (unpaired) electrons. The van der Waals surface area contributed by atoms with E-state index in [1.165, 1.54) is 23.0 Å². The molecule has 0 bridgehead atoms. The quantitative estimate of drug-likeness (QED) is 0.595. The number of fused-ring (bicyclic) bond motifs is 1. The molecule has 2 aromatic heterocycles. The largest absolute Gasteiger partial charge is 0.378 e. The lowest BCUT2D eigenvalue weighted by Crippen LogP contribution is -2.39. The number of carbonyl (C=O) groups is 1. The van der Waals surface area contributed by atoms with Gasteiger partial charge in [0, 0.05) is 26.2 Å². The molecule has 0 spiro atoms. The highest BCUT2D eigenvalue weighted by molar-refractivity contribution is 6.07. The Bertz CT molecular complexity index is 1150. The van der Waals surface area contributed by atoms with Crippen LogP contribution >= 0.6 is 0 Å². The van der Waals surface area contributed by atoms with Crippen molar-refractivity contribution in [3.63, 3.8) is 0 Å². The summed E-state index contributed by atoms with van der Waals surface area (Å²) >= 11 is 0. The number of morpholine rings is 1. The fourth-order valence-corrected chi connectivity index (χ4v) is 4.82. The number of hydrogen-bond acceptors (Lipinski definition) is 8. The number of aryl methyl sites for hydroxylation is 2. The maximum absolute atomic E-state index is 13.0. The molecule has 0 unspecified atom stereocenters. The molecule has 0 saturated carbocycles. The standard InChI is InChI=1S/C25H32N6O3/c1-17-3-4-18(2)20(13-17)15-30-7-5-19(6-8-30)14-26-24(32)22-21-23(31-9-11-33-12-10-31)27-16-28-25(21)34-29-22/h3-4,13,16,19H,5-12,14-15H2,1-2H3,(H,26,32). The van der Waals surface area contributed by atoms with Crippen LogP contribution in [0.1, 0.15) is 40.0 Å². The second-order valence-corrected chi connectivity index (χ2v) is 9.37. The van der Waals surface area contributed by atoms with E-state index in [4.69, 9.17) is 9.26 Å². The summed E-state index contributed by atoms with van der Waals surface area (Å²) in [5.74, 6) is 0.896. The Morgan fingerprint density at radius 1 is 1.12 bits per heavy atom. The Labute approximate surface area is 199 Å². The lowest BCUT2D eigenvalue weighted by Gasteiger charge is -2.32. The zero-order valence-electron chi connectivity index (χ0n) is 19.9. The van der Waals surface area contributed by atoms with Crippen LogP contribution in [0.4, 0.5) is 5.82 Å². The van der Waals surface area contributed by atoms with Gasteiger partial charge in [-0.25, -0.2) is 4.98 Å². The van der Waals surface area contributed by atoms with E-state index in [2.05, 4.69) is 62.3 Å². The number of amides is 1. The van der Waals surface area contributed by atoms with Crippen molar-refractivity contribution in [2.24, 2.45) is 5.92 Å². The van der Waals surface area contributed by atoms with E-state index in [1.807, 2.05) is 0 Å². The van der Waals surface area contributed by atoms with Crippen molar-refractivity contribution in [1.29, 1.82) is 0 Å². The second kappa shape index (κ2) is 10.1. The first-order valence-corrected chi connectivity index (χ1v) is 12.1. The van der Waals surface area contributed by atoms with Crippen LogP contribution in [0.2, 0.25) is 0 Å². The van der Waals surface area contributed by atoms with Gasteiger partial charge in [-0.2, -0.15) is 4.98 Å². The average molecular weight is 465 g/mol. The van der Waals surface area contributed by atoms with Gasteiger partial charge in [-0.15, -0.1) is 0 Å². The number of piperidine rings is 1. The number of likely N-dealkylation sites (tertiary alicyclic amines) is 1. The van der Waals surface area contributed by atoms with E-state index >= 15 is 0 Å². The van der Waals surface area contributed by atoms with Crippen molar-refractivity contribution >= 4 is 22.8 Å². The third-order valence-corrected chi connectivity index (χ3v) is 6.94. The molecule has 9 heteroatoms. The van der Waals surface area contributed by atoms with Gasteiger partial charge in [0.1, 0.15) is 17.5 Å². The number of carbonyl (C=O) groups excluding carboxylic acids is 1. The molecule has 5 rings (SSSR count).